The number of ether oxygens (including phenoxy) is 4. The van der Waals surface area contributed by atoms with Crippen LogP contribution in [0.15, 0.2) is 86.5 Å². The van der Waals surface area contributed by atoms with E-state index in [-0.39, 0.29) is 23.8 Å². The Labute approximate surface area is 382 Å². The van der Waals surface area contributed by atoms with Crippen LogP contribution in [0.2, 0.25) is 0 Å². The molecule has 4 aromatic carbocycles. The average molecular weight is 942 g/mol. The van der Waals surface area contributed by atoms with Crippen molar-refractivity contribution in [1.29, 1.82) is 0 Å². The zero-order chi connectivity index (χ0) is 45.8. The molecule has 2 fully saturated rings. The predicted molar refractivity (Wildman–Crippen MR) is 247 cm³/mol. The summed E-state index contributed by atoms with van der Waals surface area (Å²) in [5.74, 6) is 2.98. The smallest absolute Gasteiger partial charge is 0.488 e. The van der Waals surface area contributed by atoms with E-state index in [0.717, 1.165) is 63.6 Å². The molecule has 0 saturated heterocycles. The molecule has 2 atom stereocenters. The minimum Gasteiger partial charge on any atom is -0.493 e. The third kappa shape index (κ3) is 13.8. The number of nitrogens with zero attached hydrogens (tertiary/aromatic N) is 4. The third-order valence-electron chi connectivity index (χ3n) is 10.8. The number of halogens is 1. The SMILES string of the molecule is CCOC(=O)C(CC(C)C)c1ccc(OCC2CC2)c(-c2ccc3nonc3c2)c1.CCOC(=O)C(CC(C)C)c1ccc(OCC2CC2)c(Br)c1.OB(O)c1ccc2nonc2c1. The molecular weight excluding hydrogens is 883 g/mol. The highest BCUT2D eigenvalue weighted by molar-refractivity contribution is 9.10. The van der Waals surface area contributed by atoms with Gasteiger partial charge in [0, 0.05) is 5.56 Å². The molecular formula is C48H58BBrN4O10. The first-order valence-electron chi connectivity index (χ1n) is 22.2. The van der Waals surface area contributed by atoms with Crippen LogP contribution < -0.4 is 14.9 Å². The molecule has 340 valence electrons. The second-order valence-corrected chi connectivity index (χ2v) is 18.0. The molecule has 0 amide bonds. The van der Waals surface area contributed by atoms with E-state index in [1.807, 2.05) is 62.4 Å². The summed E-state index contributed by atoms with van der Waals surface area (Å²) in [5, 5.41) is 32.6. The summed E-state index contributed by atoms with van der Waals surface area (Å²) in [6.45, 7) is 14.4. The molecule has 2 heterocycles. The van der Waals surface area contributed by atoms with Gasteiger partial charge in [-0.25, -0.2) is 9.26 Å². The van der Waals surface area contributed by atoms with Crippen molar-refractivity contribution in [2.45, 2.75) is 91.9 Å². The first kappa shape index (κ1) is 48.1. The van der Waals surface area contributed by atoms with E-state index in [1.54, 1.807) is 12.1 Å². The van der Waals surface area contributed by atoms with Crippen LogP contribution in [0.4, 0.5) is 0 Å². The Hall–Kier alpha value is -5.32. The number of aromatic nitrogens is 4. The Balaban J connectivity index is 0.000000174. The van der Waals surface area contributed by atoms with E-state index >= 15 is 0 Å². The van der Waals surface area contributed by atoms with Gasteiger partial charge < -0.3 is 29.0 Å². The van der Waals surface area contributed by atoms with Crippen LogP contribution in [0.5, 0.6) is 11.5 Å². The van der Waals surface area contributed by atoms with Crippen molar-refractivity contribution in [2.75, 3.05) is 26.4 Å². The van der Waals surface area contributed by atoms with Crippen LogP contribution in [0.1, 0.15) is 103 Å². The second-order valence-electron chi connectivity index (χ2n) is 17.2. The van der Waals surface area contributed by atoms with E-state index < -0.39 is 7.12 Å². The number of benzene rings is 4. The molecule has 2 aromatic heterocycles. The standard InChI is InChI=1S/C24H28N2O4.C18H25BrO3.C6H5BN2O3/c1-4-28-24(27)20(11-15(2)3)17-8-10-23(29-14-16-5-6-16)19(12-17)18-7-9-21-22(13-18)26-30-25-21;1-4-21-18(20)15(9-12(2)3)14-7-8-17(16(19)10-14)22-11-13-5-6-13;10-7(11)4-1-2-5-6(3-4)9-12-8-5/h7-10,12-13,15-16,20H,4-6,11,14H2,1-3H3;7-8,10,12-13,15H,4-6,9,11H2,1-3H3;1-3,10-11H. The highest BCUT2D eigenvalue weighted by atomic mass is 79.9. The normalized spacial score (nSPS) is 14.3. The summed E-state index contributed by atoms with van der Waals surface area (Å²) >= 11 is 3.56. The summed E-state index contributed by atoms with van der Waals surface area (Å²) in [5.41, 5.74) is 6.70. The van der Waals surface area contributed by atoms with Gasteiger partial charge in [-0.15, -0.1) is 0 Å². The van der Waals surface area contributed by atoms with Gasteiger partial charge in [-0.3, -0.25) is 9.59 Å². The number of carbonyl (C=O) groups is 2. The Kier molecular flexibility index (Phi) is 17.3. The minimum absolute atomic E-state index is 0.144. The molecule has 0 aliphatic heterocycles. The van der Waals surface area contributed by atoms with E-state index in [9.17, 15) is 9.59 Å². The molecule has 8 rings (SSSR count). The van der Waals surface area contributed by atoms with Crippen molar-refractivity contribution in [3.8, 4) is 22.6 Å². The second kappa shape index (κ2) is 23.0. The van der Waals surface area contributed by atoms with Gasteiger partial charge in [0.25, 0.3) is 0 Å². The van der Waals surface area contributed by atoms with E-state index in [1.165, 1.54) is 31.7 Å². The molecule has 2 aliphatic carbocycles. The van der Waals surface area contributed by atoms with Crippen molar-refractivity contribution in [3.05, 3.63) is 88.4 Å². The van der Waals surface area contributed by atoms with Gasteiger partial charge >= 0.3 is 19.1 Å². The maximum atomic E-state index is 12.7. The highest BCUT2D eigenvalue weighted by Crippen LogP contribution is 2.39. The van der Waals surface area contributed by atoms with Gasteiger partial charge in [0.2, 0.25) is 0 Å². The van der Waals surface area contributed by atoms with Crippen molar-refractivity contribution in [3.63, 3.8) is 0 Å². The van der Waals surface area contributed by atoms with Crippen LogP contribution in [0.3, 0.4) is 0 Å². The van der Waals surface area contributed by atoms with Crippen LogP contribution in [-0.2, 0) is 19.1 Å². The van der Waals surface area contributed by atoms with Gasteiger partial charge in [-0.05, 0) is 183 Å². The maximum Gasteiger partial charge on any atom is 0.488 e. The summed E-state index contributed by atoms with van der Waals surface area (Å²) < 4.78 is 32.8. The molecule has 64 heavy (non-hydrogen) atoms. The number of carbonyl (C=O) groups excluding carboxylic acids is 2. The lowest BCUT2D eigenvalue weighted by Gasteiger charge is -2.20. The van der Waals surface area contributed by atoms with Crippen molar-refractivity contribution in [2.24, 2.45) is 23.7 Å². The van der Waals surface area contributed by atoms with Gasteiger partial charge in [-0.2, -0.15) is 0 Å². The fourth-order valence-corrected chi connectivity index (χ4v) is 7.54. The summed E-state index contributed by atoms with van der Waals surface area (Å²) in [6, 6.07) is 22.4. The number of hydrogen-bond donors (Lipinski definition) is 2. The lowest BCUT2D eigenvalue weighted by molar-refractivity contribution is -0.146. The Morgan fingerprint density at radius 3 is 1.64 bits per heavy atom. The number of hydrogen-bond acceptors (Lipinski definition) is 14. The molecule has 2 N–H and O–H groups in total. The third-order valence-corrected chi connectivity index (χ3v) is 11.4. The van der Waals surface area contributed by atoms with E-state index in [0.29, 0.717) is 65.1 Å². The monoisotopic (exact) mass is 940 g/mol. The summed E-state index contributed by atoms with van der Waals surface area (Å²) in [7, 11) is -1.48. The molecule has 2 unspecified atom stereocenters. The Morgan fingerprint density at radius 2 is 1.14 bits per heavy atom. The van der Waals surface area contributed by atoms with Crippen LogP contribution in [-0.4, -0.2) is 76.2 Å². The van der Waals surface area contributed by atoms with E-state index in [4.69, 9.17) is 33.6 Å². The quantitative estimate of drug-likeness (QED) is 0.0613. The Morgan fingerprint density at radius 1 is 0.656 bits per heavy atom. The van der Waals surface area contributed by atoms with Gasteiger partial charge in [0.05, 0.1) is 42.7 Å². The largest absolute Gasteiger partial charge is 0.493 e. The molecule has 0 radical (unpaired) electrons. The fraction of sp³-hybridized carbons (Fsp3) is 0.458. The maximum absolute atomic E-state index is 12.7. The molecule has 2 aliphatic rings. The van der Waals surface area contributed by atoms with Crippen molar-refractivity contribution >= 4 is 62.5 Å². The van der Waals surface area contributed by atoms with Gasteiger partial charge in [0.1, 0.15) is 33.6 Å². The highest BCUT2D eigenvalue weighted by Gasteiger charge is 2.28. The number of fused-ring (bicyclic) bond motifs is 2. The molecule has 16 heteroatoms. The fourth-order valence-electron chi connectivity index (χ4n) is 7.03. The predicted octanol–water partition coefficient (Wildman–Crippen LogP) is 9.20. The molecule has 2 saturated carbocycles. The summed E-state index contributed by atoms with van der Waals surface area (Å²) in [6.07, 6.45) is 6.51. The van der Waals surface area contributed by atoms with Gasteiger partial charge in [0.15, 0.2) is 0 Å². The molecule has 0 spiro atoms. The first-order valence-corrected chi connectivity index (χ1v) is 23.0. The lowest BCUT2D eigenvalue weighted by Crippen LogP contribution is -2.29. The Bertz CT molecular complexity index is 2450. The van der Waals surface area contributed by atoms with Crippen LogP contribution in [0, 0.1) is 23.7 Å². The van der Waals surface area contributed by atoms with Crippen molar-refractivity contribution < 1.29 is 47.8 Å². The molecule has 0 bridgehead atoms. The average Bonchev–Trinajstić information content (AvgIpc) is 4.19. The number of esters is 2. The molecule has 6 aromatic rings. The summed E-state index contributed by atoms with van der Waals surface area (Å²) in [4.78, 5) is 24.9. The zero-order valence-corrected chi connectivity index (χ0v) is 39.0. The lowest BCUT2D eigenvalue weighted by atomic mass is 9.80. The van der Waals surface area contributed by atoms with E-state index in [2.05, 4.69) is 74.9 Å². The molecule has 14 nitrogen and oxygen atoms in total. The number of rotatable bonds is 18. The zero-order valence-electron chi connectivity index (χ0n) is 37.4. The van der Waals surface area contributed by atoms with Gasteiger partial charge in [-0.1, -0.05) is 52.0 Å². The minimum atomic E-state index is -1.48. The van der Waals surface area contributed by atoms with Crippen LogP contribution >= 0.6 is 15.9 Å². The topological polar surface area (TPSA) is 189 Å². The van der Waals surface area contributed by atoms with Crippen molar-refractivity contribution in [1.82, 2.24) is 20.6 Å². The first-order chi connectivity index (χ1) is 30.8. The van der Waals surface area contributed by atoms with Crippen LogP contribution in [0.25, 0.3) is 33.2 Å².